The lowest BCUT2D eigenvalue weighted by Gasteiger charge is -2.19. The number of hydrogen-bond acceptors (Lipinski definition) is 6. The van der Waals surface area contributed by atoms with E-state index in [-0.39, 0.29) is 5.88 Å². The highest BCUT2D eigenvalue weighted by molar-refractivity contribution is 5.75. The van der Waals surface area contributed by atoms with Crippen LogP contribution in [0.5, 0.6) is 5.88 Å². The molecule has 20 heavy (non-hydrogen) atoms. The lowest BCUT2D eigenvalue weighted by molar-refractivity contribution is -0.156. The zero-order chi connectivity index (χ0) is 15.5. The number of hydrogen-bond donors (Lipinski definition) is 2. The molecule has 9 heteroatoms. The summed E-state index contributed by atoms with van der Waals surface area (Å²) in [4.78, 5) is 14.5. The number of nitrogens with zero attached hydrogens (tertiary/aromatic N) is 1. The van der Waals surface area contributed by atoms with Gasteiger partial charge in [-0.2, -0.15) is 13.2 Å². The second kappa shape index (κ2) is 6.06. The van der Waals surface area contributed by atoms with Gasteiger partial charge in [0.25, 0.3) is 0 Å². The number of carbonyl (C=O) groups is 1. The van der Waals surface area contributed by atoms with Gasteiger partial charge in [-0.1, -0.05) is 0 Å². The van der Waals surface area contributed by atoms with Gasteiger partial charge in [-0.05, 0) is 6.07 Å². The highest BCUT2D eigenvalue weighted by Crippen LogP contribution is 2.34. The minimum Gasteiger partial charge on any atom is -0.481 e. The van der Waals surface area contributed by atoms with E-state index in [1.54, 1.807) is 0 Å². The number of aromatic nitrogens is 1. The molecule has 0 saturated heterocycles. The van der Waals surface area contributed by atoms with Gasteiger partial charge in [0.2, 0.25) is 5.88 Å². The van der Waals surface area contributed by atoms with Gasteiger partial charge in [0.1, 0.15) is 6.10 Å². The minimum absolute atomic E-state index is 0.339. The smallest absolute Gasteiger partial charge is 0.417 e. The molecular formula is C11H12F3NO5. The molecule has 0 amide bonds. The second-order valence-corrected chi connectivity index (χ2v) is 3.73. The highest BCUT2D eigenvalue weighted by atomic mass is 19.4. The molecule has 1 aromatic heterocycles. The summed E-state index contributed by atoms with van der Waals surface area (Å²) < 4.78 is 46.6. The lowest BCUT2D eigenvalue weighted by atomic mass is 10.0. The third kappa shape index (κ3) is 3.36. The van der Waals surface area contributed by atoms with Gasteiger partial charge >= 0.3 is 12.1 Å². The number of ether oxygens (including phenoxy) is 2. The molecule has 0 aromatic carbocycles. The maximum absolute atomic E-state index is 12.6. The zero-order valence-corrected chi connectivity index (χ0v) is 10.5. The number of carbonyl (C=O) groups excluding carboxylic acids is 1. The van der Waals surface area contributed by atoms with Crippen molar-refractivity contribution in [1.29, 1.82) is 0 Å². The normalized spacial score (nSPS) is 14.6. The first-order valence-electron chi connectivity index (χ1n) is 5.27. The quantitative estimate of drug-likeness (QED) is 0.794. The van der Waals surface area contributed by atoms with E-state index in [9.17, 15) is 28.2 Å². The number of esters is 1. The van der Waals surface area contributed by atoms with Crippen molar-refractivity contribution in [3.8, 4) is 5.88 Å². The fraction of sp³-hybridized carbons (Fsp3) is 0.455. The topological polar surface area (TPSA) is 88.9 Å². The summed E-state index contributed by atoms with van der Waals surface area (Å²) >= 11 is 0. The van der Waals surface area contributed by atoms with Crippen molar-refractivity contribution >= 4 is 5.97 Å². The van der Waals surface area contributed by atoms with E-state index < -0.39 is 35.5 Å². The predicted octanol–water partition coefficient (Wildman–Crippen LogP) is 0.676. The third-order valence-electron chi connectivity index (χ3n) is 2.46. The summed E-state index contributed by atoms with van der Waals surface area (Å²) in [7, 11) is 2.08. The van der Waals surface area contributed by atoms with E-state index in [2.05, 4.69) is 9.72 Å². The van der Waals surface area contributed by atoms with E-state index in [1.165, 1.54) is 0 Å². The van der Waals surface area contributed by atoms with Crippen molar-refractivity contribution in [2.24, 2.45) is 0 Å². The molecule has 0 bridgehead atoms. The molecular weight excluding hydrogens is 283 g/mol. The number of rotatable bonds is 4. The van der Waals surface area contributed by atoms with Crippen molar-refractivity contribution in [1.82, 2.24) is 4.98 Å². The summed E-state index contributed by atoms with van der Waals surface area (Å²) in [6.45, 7) is 0. The van der Waals surface area contributed by atoms with Crippen LogP contribution in [0.25, 0.3) is 0 Å². The molecule has 0 fully saturated rings. The molecule has 2 atom stereocenters. The first kappa shape index (κ1) is 16.2. The monoisotopic (exact) mass is 295 g/mol. The maximum Gasteiger partial charge on any atom is 0.417 e. The van der Waals surface area contributed by atoms with E-state index in [1.807, 2.05) is 0 Å². The Morgan fingerprint density at radius 1 is 1.35 bits per heavy atom. The fourth-order valence-corrected chi connectivity index (χ4v) is 1.43. The fourth-order valence-electron chi connectivity index (χ4n) is 1.43. The van der Waals surface area contributed by atoms with Crippen LogP contribution in [0.2, 0.25) is 0 Å². The summed E-state index contributed by atoms with van der Waals surface area (Å²) in [5.74, 6) is -1.54. The van der Waals surface area contributed by atoms with Crippen LogP contribution in [-0.4, -0.2) is 41.5 Å². The first-order chi connectivity index (χ1) is 9.22. The Morgan fingerprint density at radius 2 is 1.95 bits per heavy atom. The van der Waals surface area contributed by atoms with Crippen LogP contribution in [0.1, 0.15) is 17.2 Å². The summed E-state index contributed by atoms with van der Waals surface area (Å²) in [6, 6.07) is 0.544. The summed E-state index contributed by atoms with van der Waals surface area (Å²) in [5.41, 5.74) is -1.62. The number of aliphatic hydroxyl groups is 2. The molecule has 0 saturated carbocycles. The van der Waals surface area contributed by atoms with Gasteiger partial charge < -0.3 is 19.7 Å². The third-order valence-corrected chi connectivity index (χ3v) is 2.46. The second-order valence-electron chi connectivity index (χ2n) is 3.73. The van der Waals surface area contributed by atoms with Crippen LogP contribution in [0.15, 0.2) is 12.3 Å². The highest BCUT2D eigenvalue weighted by Gasteiger charge is 2.35. The Kier molecular flexibility index (Phi) is 4.90. The Morgan fingerprint density at radius 3 is 2.40 bits per heavy atom. The van der Waals surface area contributed by atoms with Gasteiger partial charge in [-0.3, -0.25) is 0 Å². The van der Waals surface area contributed by atoms with Crippen molar-refractivity contribution in [3.05, 3.63) is 23.4 Å². The van der Waals surface area contributed by atoms with E-state index >= 15 is 0 Å². The van der Waals surface area contributed by atoms with Gasteiger partial charge in [0.15, 0.2) is 6.10 Å². The van der Waals surface area contributed by atoms with Crippen LogP contribution in [0, 0.1) is 0 Å². The Bertz CT molecular complexity index is 491. The maximum atomic E-state index is 12.6. The number of pyridine rings is 1. The van der Waals surface area contributed by atoms with Crippen molar-refractivity contribution in [3.63, 3.8) is 0 Å². The van der Waals surface area contributed by atoms with E-state index in [0.717, 1.165) is 14.2 Å². The first-order valence-corrected chi connectivity index (χ1v) is 5.27. The molecule has 0 spiro atoms. The average molecular weight is 295 g/mol. The molecule has 2 unspecified atom stereocenters. The zero-order valence-electron chi connectivity index (χ0n) is 10.5. The minimum atomic E-state index is -4.69. The van der Waals surface area contributed by atoms with Gasteiger partial charge in [-0.15, -0.1) is 0 Å². The predicted molar refractivity (Wildman–Crippen MR) is 58.8 cm³/mol. The molecule has 112 valence electrons. The Hall–Kier alpha value is -1.87. The van der Waals surface area contributed by atoms with Crippen LogP contribution in [-0.2, 0) is 15.7 Å². The van der Waals surface area contributed by atoms with Crippen LogP contribution >= 0.6 is 0 Å². The lowest BCUT2D eigenvalue weighted by Crippen LogP contribution is -2.29. The Balaban J connectivity index is 3.23. The number of halogens is 3. The van der Waals surface area contributed by atoms with Crippen molar-refractivity contribution < 1.29 is 37.7 Å². The van der Waals surface area contributed by atoms with Crippen LogP contribution < -0.4 is 4.74 Å². The number of alkyl halides is 3. The largest absolute Gasteiger partial charge is 0.481 e. The van der Waals surface area contributed by atoms with Gasteiger partial charge in [-0.25, -0.2) is 9.78 Å². The van der Waals surface area contributed by atoms with Crippen molar-refractivity contribution in [2.75, 3.05) is 14.2 Å². The SMILES string of the molecule is COC(=O)C(O)C(O)c1cc(C(F)(F)F)cnc1OC. The molecule has 1 rings (SSSR count). The number of methoxy groups -OCH3 is 2. The van der Waals surface area contributed by atoms with Gasteiger partial charge in [0.05, 0.1) is 19.8 Å². The van der Waals surface area contributed by atoms with E-state index in [0.29, 0.717) is 12.3 Å². The standard InChI is InChI=1S/C11H12F3NO5/c1-19-9-6(7(16)8(17)10(18)20-2)3-5(4-15-9)11(12,13)14/h3-4,7-8,16-17H,1-2H3. The molecule has 0 aliphatic carbocycles. The van der Waals surface area contributed by atoms with Crippen LogP contribution in [0.4, 0.5) is 13.2 Å². The van der Waals surface area contributed by atoms with Gasteiger partial charge in [0, 0.05) is 11.8 Å². The molecule has 1 aromatic rings. The molecule has 2 N–H and O–H groups in total. The summed E-state index contributed by atoms with van der Waals surface area (Å²) in [5, 5.41) is 19.2. The van der Waals surface area contributed by atoms with Crippen LogP contribution in [0.3, 0.4) is 0 Å². The summed E-state index contributed by atoms with van der Waals surface area (Å²) in [6.07, 6.45) is -8.20. The molecule has 0 aliphatic rings. The molecule has 0 radical (unpaired) electrons. The molecule has 0 aliphatic heterocycles. The molecule has 6 nitrogen and oxygen atoms in total. The Labute approximate surface area is 111 Å². The average Bonchev–Trinajstić information content (AvgIpc) is 2.43. The van der Waals surface area contributed by atoms with E-state index in [4.69, 9.17) is 4.74 Å². The number of aliphatic hydroxyl groups excluding tert-OH is 2. The molecule has 1 heterocycles. The van der Waals surface area contributed by atoms with Crippen molar-refractivity contribution in [2.45, 2.75) is 18.4 Å².